The molecule has 0 aromatic rings. The van der Waals surface area contributed by atoms with Gasteiger partial charge in [-0.15, -0.1) is 0 Å². The van der Waals surface area contributed by atoms with Crippen molar-refractivity contribution < 1.29 is 23.9 Å². The highest BCUT2D eigenvalue weighted by atomic mass is 16.6. The summed E-state index contributed by atoms with van der Waals surface area (Å²) in [5.41, 5.74) is -0.598. The summed E-state index contributed by atoms with van der Waals surface area (Å²) >= 11 is 0. The molecule has 1 amide bonds. The number of rotatable bonds is 1. The number of hydrogen-bond acceptors (Lipinski definition) is 5. The Hall–Kier alpha value is -1.59. The van der Waals surface area contributed by atoms with E-state index in [-0.39, 0.29) is 18.2 Å². The molecular weight excluding hydrogens is 262 g/mol. The number of carbonyl (C=O) groups is 3. The normalized spacial score (nSPS) is 29.3. The number of carbonyl (C=O) groups excluding carboxylic acids is 3. The number of hydrogen-bond donors (Lipinski definition) is 0. The van der Waals surface area contributed by atoms with Crippen LogP contribution in [-0.2, 0) is 19.1 Å². The van der Waals surface area contributed by atoms with Crippen molar-refractivity contribution in [2.45, 2.75) is 57.7 Å². The van der Waals surface area contributed by atoms with Gasteiger partial charge in [-0.1, -0.05) is 0 Å². The van der Waals surface area contributed by atoms with Gasteiger partial charge >= 0.3 is 12.1 Å². The third-order valence-electron chi connectivity index (χ3n) is 3.77. The molecule has 20 heavy (non-hydrogen) atoms. The minimum absolute atomic E-state index is 0.135. The molecule has 2 aliphatic heterocycles. The van der Waals surface area contributed by atoms with E-state index in [4.69, 9.17) is 9.47 Å². The highest BCUT2D eigenvalue weighted by Gasteiger charge is 2.53. The molecule has 2 rings (SSSR count). The maximum absolute atomic E-state index is 12.3. The Kier molecular flexibility index (Phi) is 3.75. The topological polar surface area (TPSA) is 72.9 Å². The smallest absolute Gasteiger partial charge is 0.410 e. The summed E-state index contributed by atoms with van der Waals surface area (Å²) in [7, 11) is 1.26. The van der Waals surface area contributed by atoms with Crippen LogP contribution in [0.5, 0.6) is 0 Å². The molecule has 6 heteroatoms. The van der Waals surface area contributed by atoms with Gasteiger partial charge in [-0.25, -0.2) is 4.79 Å². The standard InChI is InChI=1S/C14H21NO5/c1-14(2,3)20-13(18)15-8-5-6-9(15)11(10(16)7-8)12(17)19-4/h8-9,11H,5-7H2,1-4H3/t8-,9+,11?/m1/s1. The number of esters is 1. The van der Waals surface area contributed by atoms with Crippen molar-refractivity contribution in [3.05, 3.63) is 0 Å². The zero-order valence-electron chi connectivity index (χ0n) is 12.3. The summed E-state index contributed by atoms with van der Waals surface area (Å²) in [4.78, 5) is 37.7. The second-order valence-corrected chi connectivity index (χ2v) is 6.36. The molecule has 2 bridgehead atoms. The summed E-state index contributed by atoms with van der Waals surface area (Å²) in [6, 6.07) is -0.577. The second kappa shape index (κ2) is 5.07. The zero-order valence-corrected chi connectivity index (χ0v) is 12.3. The predicted octanol–water partition coefficient (Wildman–Crippen LogP) is 1.52. The Morgan fingerprint density at radius 2 is 1.90 bits per heavy atom. The first-order valence-corrected chi connectivity index (χ1v) is 6.86. The van der Waals surface area contributed by atoms with Gasteiger partial charge in [0.25, 0.3) is 0 Å². The quantitative estimate of drug-likeness (QED) is 0.539. The molecule has 1 unspecified atom stereocenters. The third-order valence-corrected chi connectivity index (χ3v) is 3.77. The fourth-order valence-corrected chi connectivity index (χ4v) is 3.03. The van der Waals surface area contributed by atoms with Crippen LogP contribution in [0.2, 0.25) is 0 Å². The summed E-state index contributed by atoms with van der Waals surface area (Å²) in [5.74, 6) is -1.57. The van der Waals surface area contributed by atoms with Crippen LogP contribution >= 0.6 is 0 Å². The summed E-state index contributed by atoms with van der Waals surface area (Å²) in [6.07, 6.45) is 1.11. The van der Waals surface area contributed by atoms with E-state index in [9.17, 15) is 14.4 Å². The van der Waals surface area contributed by atoms with Gasteiger partial charge in [0.1, 0.15) is 11.5 Å². The largest absolute Gasteiger partial charge is 0.468 e. The zero-order chi connectivity index (χ0) is 15.1. The molecule has 3 atom stereocenters. The second-order valence-electron chi connectivity index (χ2n) is 6.36. The number of ketones is 1. The van der Waals surface area contributed by atoms with Crippen molar-refractivity contribution in [3.8, 4) is 0 Å². The van der Waals surface area contributed by atoms with Crippen LogP contribution in [0.1, 0.15) is 40.0 Å². The Labute approximate surface area is 118 Å². The lowest BCUT2D eigenvalue weighted by molar-refractivity contribution is -0.154. The molecule has 112 valence electrons. The van der Waals surface area contributed by atoms with E-state index >= 15 is 0 Å². The van der Waals surface area contributed by atoms with Crippen molar-refractivity contribution in [3.63, 3.8) is 0 Å². The molecule has 2 heterocycles. The summed E-state index contributed by atoms with van der Waals surface area (Å²) in [5, 5.41) is 0. The molecule has 2 saturated heterocycles. The van der Waals surface area contributed by atoms with Crippen molar-refractivity contribution in [2.75, 3.05) is 7.11 Å². The lowest BCUT2D eigenvalue weighted by Crippen LogP contribution is -2.55. The fraction of sp³-hybridized carbons (Fsp3) is 0.786. The Balaban J connectivity index is 2.21. The Morgan fingerprint density at radius 3 is 2.45 bits per heavy atom. The van der Waals surface area contributed by atoms with Crippen LogP contribution in [0.25, 0.3) is 0 Å². The number of amides is 1. The van der Waals surface area contributed by atoms with E-state index in [0.717, 1.165) is 6.42 Å². The van der Waals surface area contributed by atoms with Gasteiger partial charge in [-0.3, -0.25) is 9.59 Å². The molecule has 0 aliphatic carbocycles. The first-order chi connectivity index (χ1) is 9.24. The minimum Gasteiger partial charge on any atom is -0.468 e. The van der Waals surface area contributed by atoms with Gasteiger partial charge in [0.2, 0.25) is 0 Å². The number of piperidine rings is 1. The fourth-order valence-electron chi connectivity index (χ4n) is 3.03. The molecule has 0 N–H and O–H groups in total. The Bertz CT molecular complexity index is 439. The molecule has 0 radical (unpaired) electrons. The number of fused-ring (bicyclic) bond motifs is 2. The van der Waals surface area contributed by atoms with E-state index in [1.165, 1.54) is 7.11 Å². The molecule has 2 aliphatic rings. The molecule has 0 spiro atoms. The predicted molar refractivity (Wildman–Crippen MR) is 70.0 cm³/mol. The highest BCUT2D eigenvalue weighted by Crippen LogP contribution is 2.38. The monoisotopic (exact) mass is 283 g/mol. The first-order valence-electron chi connectivity index (χ1n) is 6.86. The first kappa shape index (κ1) is 14.8. The average Bonchev–Trinajstić information content (AvgIpc) is 2.63. The average molecular weight is 283 g/mol. The van der Waals surface area contributed by atoms with Crippen molar-refractivity contribution in [2.24, 2.45) is 5.92 Å². The molecular formula is C14H21NO5. The van der Waals surface area contributed by atoms with Crippen LogP contribution in [0, 0.1) is 5.92 Å². The minimum atomic E-state index is -0.869. The SMILES string of the molecule is COC(=O)C1C(=O)C[C@H]2CC[C@@H]1N2C(=O)OC(C)(C)C. The van der Waals surface area contributed by atoms with Gasteiger partial charge in [-0.05, 0) is 33.6 Å². The molecule has 0 aromatic carbocycles. The van der Waals surface area contributed by atoms with Gasteiger partial charge < -0.3 is 14.4 Å². The van der Waals surface area contributed by atoms with Crippen molar-refractivity contribution in [1.82, 2.24) is 4.90 Å². The molecule has 6 nitrogen and oxygen atoms in total. The molecule has 0 saturated carbocycles. The van der Waals surface area contributed by atoms with Crippen LogP contribution in [-0.4, -0.2) is 47.5 Å². The van der Waals surface area contributed by atoms with Gasteiger partial charge in [0, 0.05) is 12.5 Å². The highest BCUT2D eigenvalue weighted by molar-refractivity contribution is 6.01. The van der Waals surface area contributed by atoms with Gasteiger partial charge in [0.05, 0.1) is 13.2 Å². The van der Waals surface area contributed by atoms with E-state index in [2.05, 4.69) is 0 Å². The van der Waals surface area contributed by atoms with Gasteiger partial charge in [0.15, 0.2) is 5.78 Å². The number of Topliss-reactive ketones (excluding diaryl/α,β-unsaturated/α-hetero) is 1. The summed E-state index contributed by atoms with van der Waals surface area (Å²) in [6.45, 7) is 5.37. The van der Waals surface area contributed by atoms with Crippen LogP contribution in [0.4, 0.5) is 4.79 Å². The van der Waals surface area contributed by atoms with Crippen molar-refractivity contribution >= 4 is 17.8 Å². The third kappa shape index (κ3) is 2.64. The maximum Gasteiger partial charge on any atom is 0.410 e. The Morgan fingerprint density at radius 1 is 1.25 bits per heavy atom. The number of methoxy groups -OCH3 is 1. The lowest BCUT2D eigenvalue weighted by Gasteiger charge is -2.38. The summed E-state index contributed by atoms with van der Waals surface area (Å²) < 4.78 is 10.1. The molecule has 0 aromatic heterocycles. The van der Waals surface area contributed by atoms with Gasteiger partial charge in [-0.2, -0.15) is 0 Å². The van der Waals surface area contributed by atoms with E-state index < -0.39 is 29.6 Å². The number of ether oxygens (including phenoxy) is 2. The van der Waals surface area contributed by atoms with Crippen LogP contribution in [0.15, 0.2) is 0 Å². The van der Waals surface area contributed by atoms with Crippen molar-refractivity contribution in [1.29, 1.82) is 0 Å². The van der Waals surface area contributed by atoms with Crippen LogP contribution < -0.4 is 0 Å². The molecule has 2 fully saturated rings. The van der Waals surface area contributed by atoms with E-state index in [0.29, 0.717) is 6.42 Å². The van der Waals surface area contributed by atoms with E-state index in [1.807, 2.05) is 0 Å². The number of nitrogens with zero attached hydrogens (tertiary/aromatic N) is 1. The van der Waals surface area contributed by atoms with E-state index in [1.54, 1.807) is 25.7 Å². The van der Waals surface area contributed by atoms with Crippen LogP contribution in [0.3, 0.4) is 0 Å². The maximum atomic E-state index is 12.3. The lowest BCUT2D eigenvalue weighted by atomic mass is 9.89.